The highest BCUT2D eigenvalue weighted by atomic mass is 16.6. The normalized spacial score (nSPS) is 14.0. The van der Waals surface area contributed by atoms with Crippen LogP contribution in [0.3, 0.4) is 0 Å². The molecule has 0 radical (unpaired) electrons. The van der Waals surface area contributed by atoms with Crippen LogP contribution in [0, 0.1) is 13.8 Å². The molecule has 0 saturated carbocycles. The highest BCUT2D eigenvalue weighted by Gasteiger charge is 2.22. The van der Waals surface area contributed by atoms with Crippen LogP contribution in [-0.4, -0.2) is 54.7 Å². The predicted octanol–water partition coefficient (Wildman–Crippen LogP) is 3.23. The first-order chi connectivity index (χ1) is 13.5. The van der Waals surface area contributed by atoms with Crippen molar-refractivity contribution in [3.8, 4) is 0 Å². The fourth-order valence-electron chi connectivity index (χ4n) is 3.08. The van der Waals surface area contributed by atoms with Gasteiger partial charge in [-0.15, -0.1) is 0 Å². The van der Waals surface area contributed by atoms with Crippen LogP contribution in [0.4, 0.5) is 16.3 Å². The van der Waals surface area contributed by atoms with Crippen LogP contribution in [0.25, 0.3) is 0 Å². The lowest BCUT2D eigenvalue weighted by Gasteiger charge is -2.35. The first-order valence-electron chi connectivity index (χ1n) is 9.49. The SMILES string of the molecule is CCOC(=O)N1CCN(c2ccc(NC(=O)c3ccc(C)c(C)c3)nc2)CC1. The van der Waals surface area contributed by atoms with Crippen LogP contribution < -0.4 is 10.2 Å². The minimum absolute atomic E-state index is 0.175. The van der Waals surface area contributed by atoms with Crippen LogP contribution in [-0.2, 0) is 4.74 Å². The predicted molar refractivity (Wildman–Crippen MR) is 109 cm³/mol. The van der Waals surface area contributed by atoms with Gasteiger partial charge in [0.25, 0.3) is 5.91 Å². The van der Waals surface area contributed by atoms with Crippen molar-refractivity contribution in [1.29, 1.82) is 0 Å². The second-order valence-electron chi connectivity index (χ2n) is 6.83. The average molecular weight is 382 g/mol. The Morgan fingerprint density at radius 3 is 2.43 bits per heavy atom. The van der Waals surface area contributed by atoms with E-state index in [0.29, 0.717) is 31.1 Å². The molecule has 0 unspecified atom stereocenters. The molecule has 0 atom stereocenters. The van der Waals surface area contributed by atoms with E-state index >= 15 is 0 Å². The second kappa shape index (κ2) is 8.73. The Hall–Kier alpha value is -3.09. The minimum Gasteiger partial charge on any atom is -0.450 e. The van der Waals surface area contributed by atoms with Crippen LogP contribution in [0.2, 0.25) is 0 Å². The number of rotatable bonds is 4. The fourth-order valence-corrected chi connectivity index (χ4v) is 3.08. The Kier molecular flexibility index (Phi) is 6.13. The summed E-state index contributed by atoms with van der Waals surface area (Å²) in [6.07, 6.45) is 1.49. The first-order valence-corrected chi connectivity index (χ1v) is 9.49. The van der Waals surface area contributed by atoms with Crippen molar-refractivity contribution in [3.05, 3.63) is 53.2 Å². The van der Waals surface area contributed by atoms with Gasteiger partial charge in [0.1, 0.15) is 5.82 Å². The van der Waals surface area contributed by atoms with Gasteiger partial charge < -0.3 is 19.9 Å². The summed E-state index contributed by atoms with van der Waals surface area (Å²) in [5, 5.41) is 2.83. The highest BCUT2D eigenvalue weighted by Crippen LogP contribution is 2.18. The number of aryl methyl sites for hydroxylation is 2. The lowest BCUT2D eigenvalue weighted by molar-refractivity contribution is 0.102. The highest BCUT2D eigenvalue weighted by molar-refractivity contribution is 6.03. The molecule has 7 nitrogen and oxygen atoms in total. The number of benzene rings is 1. The van der Waals surface area contributed by atoms with E-state index in [1.807, 2.05) is 38.1 Å². The topological polar surface area (TPSA) is 74.8 Å². The molecule has 1 aromatic heterocycles. The third-order valence-electron chi connectivity index (χ3n) is 4.93. The van der Waals surface area contributed by atoms with Gasteiger partial charge in [0.05, 0.1) is 18.5 Å². The molecule has 1 aliphatic heterocycles. The number of aromatic nitrogens is 1. The van der Waals surface area contributed by atoms with E-state index in [1.165, 1.54) is 0 Å². The molecule has 1 aromatic carbocycles. The number of pyridine rings is 1. The molecular weight excluding hydrogens is 356 g/mol. The Balaban J connectivity index is 1.57. The summed E-state index contributed by atoms with van der Waals surface area (Å²) in [4.78, 5) is 32.4. The van der Waals surface area contributed by atoms with Gasteiger partial charge in [-0.05, 0) is 56.2 Å². The monoisotopic (exact) mass is 382 g/mol. The number of carbonyl (C=O) groups is 2. The summed E-state index contributed by atoms with van der Waals surface area (Å²) in [5.41, 5.74) is 3.82. The largest absolute Gasteiger partial charge is 0.450 e. The number of ether oxygens (including phenoxy) is 1. The fraction of sp³-hybridized carbons (Fsp3) is 0.381. The Morgan fingerprint density at radius 2 is 1.82 bits per heavy atom. The summed E-state index contributed by atoms with van der Waals surface area (Å²) >= 11 is 0. The van der Waals surface area contributed by atoms with Crippen LogP contribution in [0.1, 0.15) is 28.4 Å². The van der Waals surface area contributed by atoms with Crippen molar-refractivity contribution in [2.45, 2.75) is 20.8 Å². The van der Waals surface area contributed by atoms with Crippen molar-refractivity contribution in [2.75, 3.05) is 43.0 Å². The number of piperazine rings is 1. The van der Waals surface area contributed by atoms with E-state index < -0.39 is 0 Å². The first kappa shape index (κ1) is 19.7. The van der Waals surface area contributed by atoms with Crippen molar-refractivity contribution in [2.24, 2.45) is 0 Å². The zero-order valence-electron chi connectivity index (χ0n) is 16.6. The molecule has 148 valence electrons. The summed E-state index contributed by atoms with van der Waals surface area (Å²) in [7, 11) is 0. The zero-order valence-corrected chi connectivity index (χ0v) is 16.6. The Labute approximate surface area is 165 Å². The molecule has 2 heterocycles. The number of hydrogen-bond donors (Lipinski definition) is 1. The number of nitrogens with zero attached hydrogens (tertiary/aromatic N) is 3. The minimum atomic E-state index is -0.260. The van der Waals surface area contributed by atoms with Gasteiger partial charge in [0.2, 0.25) is 0 Å². The number of nitrogens with one attached hydrogen (secondary N) is 1. The third-order valence-corrected chi connectivity index (χ3v) is 4.93. The molecule has 28 heavy (non-hydrogen) atoms. The molecule has 2 amide bonds. The molecule has 1 fully saturated rings. The van der Waals surface area contributed by atoms with Gasteiger partial charge >= 0.3 is 6.09 Å². The maximum absolute atomic E-state index is 12.4. The molecule has 2 aromatic rings. The van der Waals surface area contributed by atoms with Gasteiger partial charge in [0, 0.05) is 31.7 Å². The lowest BCUT2D eigenvalue weighted by atomic mass is 10.1. The number of anilines is 2. The summed E-state index contributed by atoms with van der Waals surface area (Å²) in [5.74, 6) is 0.337. The Bertz CT molecular complexity index is 843. The number of hydrogen-bond acceptors (Lipinski definition) is 5. The molecule has 7 heteroatoms. The molecule has 1 aliphatic rings. The quantitative estimate of drug-likeness (QED) is 0.879. The van der Waals surface area contributed by atoms with Gasteiger partial charge in [0.15, 0.2) is 0 Å². The van der Waals surface area contributed by atoms with E-state index in [9.17, 15) is 9.59 Å². The smallest absolute Gasteiger partial charge is 0.409 e. The van der Waals surface area contributed by atoms with Gasteiger partial charge in [-0.25, -0.2) is 9.78 Å². The molecule has 0 bridgehead atoms. The van der Waals surface area contributed by atoms with Crippen molar-refractivity contribution in [1.82, 2.24) is 9.88 Å². The third kappa shape index (κ3) is 4.60. The van der Waals surface area contributed by atoms with Crippen LogP contribution in [0.5, 0.6) is 0 Å². The molecule has 1 saturated heterocycles. The Morgan fingerprint density at radius 1 is 1.07 bits per heavy atom. The number of carbonyl (C=O) groups excluding carboxylic acids is 2. The van der Waals surface area contributed by atoms with Crippen LogP contribution in [0.15, 0.2) is 36.5 Å². The zero-order chi connectivity index (χ0) is 20.1. The van der Waals surface area contributed by atoms with E-state index in [4.69, 9.17) is 4.74 Å². The van der Waals surface area contributed by atoms with E-state index in [-0.39, 0.29) is 12.0 Å². The summed E-state index contributed by atoms with van der Waals surface area (Å²) in [6.45, 7) is 8.86. The standard InChI is InChI=1S/C21H26N4O3/c1-4-28-21(27)25-11-9-24(10-12-25)18-7-8-19(22-14-18)23-20(26)17-6-5-15(2)16(3)13-17/h5-8,13-14H,4,9-12H2,1-3H3,(H,22,23,26). The molecule has 0 aliphatic carbocycles. The van der Waals surface area contributed by atoms with E-state index in [0.717, 1.165) is 29.9 Å². The lowest BCUT2D eigenvalue weighted by Crippen LogP contribution is -2.49. The molecule has 3 rings (SSSR count). The van der Waals surface area contributed by atoms with Crippen molar-refractivity contribution in [3.63, 3.8) is 0 Å². The second-order valence-corrected chi connectivity index (χ2v) is 6.83. The summed E-state index contributed by atoms with van der Waals surface area (Å²) < 4.78 is 5.04. The molecule has 0 spiro atoms. The maximum atomic E-state index is 12.4. The average Bonchev–Trinajstić information content (AvgIpc) is 2.71. The van der Waals surface area contributed by atoms with E-state index in [1.54, 1.807) is 24.1 Å². The van der Waals surface area contributed by atoms with Crippen molar-refractivity contribution >= 4 is 23.5 Å². The maximum Gasteiger partial charge on any atom is 0.409 e. The number of amides is 2. The molecule has 1 N–H and O–H groups in total. The molecular formula is C21H26N4O3. The van der Waals surface area contributed by atoms with E-state index in [2.05, 4.69) is 15.2 Å². The van der Waals surface area contributed by atoms with Gasteiger partial charge in [-0.2, -0.15) is 0 Å². The van der Waals surface area contributed by atoms with Gasteiger partial charge in [-0.1, -0.05) is 6.07 Å². The summed E-state index contributed by atoms with van der Waals surface area (Å²) in [6, 6.07) is 9.36. The van der Waals surface area contributed by atoms with Gasteiger partial charge in [-0.3, -0.25) is 4.79 Å². The van der Waals surface area contributed by atoms with Crippen LogP contribution >= 0.6 is 0 Å². The van der Waals surface area contributed by atoms with Crippen molar-refractivity contribution < 1.29 is 14.3 Å².